The zero-order valence-corrected chi connectivity index (χ0v) is 12.6. The summed E-state index contributed by atoms with van der Waals surface area (Å²) >= 11 is 7.60. The molecule has 1 heterocycles. The van der Waals surface area contributed by atoms with E-state index in [-0.39, 0.29) is 5.75 Å². The summed E-state index contributed by atoms with van der Waals surface area (Å²) < 4.78 is 26.1. The summed E-state index contributed by atoms with van der Waals surface area (Å²) in [4.78, 5) is 0. The molecule has 1 aromatic rings. The van der Waals surface area contributed by atoms with E-state index in [4.69, 9.17) is 11.6 Å². The lowest BCUT2D eigenvalue weighted by Gasteiger charge is -2.16. The Kier molecular flexibility index (Phi) is 4.59. The lowest BCUT2D eigenvalue weighted by molar-refractivity contribution is 0.477. The Labute approximate surface area is 118 Å². The Morgan fingerprint density at radius 3 is 2.89 bits per heavy atom. The minimum atomic E-state index is -3.21. The first-order valence-corrected chi connectivity index (χ1v) is 9.04. The summed E-state index contributed by atoms with van der Waals surface area (Å²) in [5, 5.41) is 1.00. The lowest BCUT2D eigenvalue weighted by atomic mass is 10.2. The average molecular weight is 306 g/mol. The number of nitrogens with zero attached hydrogens (tertiary/aromatic N) is 1. The van der Waals surface area contributed by atoms with Crippen LogP contribution in [0.3, 0.4) is 0 Å². The highest BCUT2D eigenvalue weighted by Gasteiger charge is 2.30. The fraction of sp³-hybridized carbons (Fsp3) is 0.500. The van der Waals surface area contributed by atoms with Crippen LogP contribution in [0.2, 0.25) is 5.02 Å². The van der Waals surface area contributed by atoms with Crippen LogP contribution in [0.4, 0.5) is 0 Å². The molecule has 1 aliphatic heterocycles. The molecule has 0 aliphatic carbocycles. The van der Waals surface area contributed by atoms with Crippen molar-refractivity contribution >= 4 is 33.4 Å². The monoisotopic (exact) mass is 305 g/mol. The van der Waals surface area contributed by atoms with Crippen molar-refractivity contribution in [3.8, 4) is 0 Å². The summed E-state index contributed by atoms with van der Waals surface area (Å²) in [5.74, 6) is 0.0364. The summed E-state index contributed by atoms with van der Waals surface area (Å²) in [6.07, 6.45) is 2.97. The van der Waals surface area contributed by atoms with Crippen LogP contribution in [0.1, 0.15) is 12.0 Å². The molecule has 0 spiro atoms. The fourth-order valence-corrected chi connectivity index (χ4v) is 4.62. The Hall–Kier alpha value is -0.230. The highest BCUT2D eigenvalue weighted by molar-refractivity contribution is 7.99. The largest absolute Gasteiger partial charge is 0.218 e. The Balaban J connectivity index is 2.08. The molecular formula is C12H16ClNO2S2. The second-order valence-corrected chi connectivity index (χ2v) is 7.93. The van der Waals surface area contributed by atoms with Gasteiger partial charge in [0.15, 0.2) is 0 Å². The van der Waals surface area contributed by atoms with E-state index in [1.807, 2.05) is 6.26 Å². The Morgan fingerprint density at radius 2 is 2.28 bits per heavy atom. The van der Waals surface area contributed by atoms with E-state index in [0.717, 1.165) is 12.0 Å². The Bertz CT molecular complexity index is 519. The zero-order valence-electron chi connectivity index (χ0n) is 10.2. The first-order chi connectivity index (χ1) is 8.51. The molecule has 0 radical (unpaired) electrons. The quantitative estimate of drug-likeness (QED) is 0.858. The van der Waals surface area contributed by atoms with Gasteiger partial charge in [-0.3, -0.25) is 0 Å². The number of hydrogen-bond acceptors (Lipinski definition) is 3. The van der Waals surface area contributed by atoms with Gasteiger partial charge in [-0.25, -0.2) is 12.7 Å². The number of halogens is 1. The van der Waals surface area contributed by atoms with Gasteiger partial charge >= 0.3 is 0 Å². The van der Waals surface area contributed by atoms with Gasteiger partial charge in [0.1, 0.15) is 0 Å². The SMILES string of the molecule is CSC1CCN(S(=O)(=O)Cc2cccc(Cl)c2)C1. The molecule has 1 unspecified atom stereocenters. The van der Waals surface area contributed by atoms with Crippen LogP contribution in [-0.4, -0.2) is 37.3 Å². The van der Waals surface area contributed by atoms with Gasteiger partial charge in [0.25, 0.3) is 0 Å². The van der Waals surface area contributed by atoms with E-state index in [1.54, 1.807) is 40.3 Å². The van der Waals surface area contributed by atoms with Gasteiger partial charge in [-0.1, -0.05) is 23.7 Å². The number of thioether (sulfide) groups is 1. The van der Waals surface area contributed by atoms with Gasteiger partial charge in [0.05, 0.1) is 5.75 Å². The molecule has 1 fully saturated rings. The van der Waals surface area contributed by atoms with Gasteiger partial charge in [-0.2, -0.15) is 11.8 Å². The minimum Gasteiger partial charge on any atom is -0.212 e. The Morgan fingerprint density at radius 1 is 1.50 bits per heavy atom. The van der Waals surface area contributed by atoms with Gasteiger partial charge in [0, 0.05) is 23.4 Å². The molecule has 2 rings (SSSR count). The molecule has 18 heavy (non-hydrogen) atoms. The number of rotatable bonds is 4. The highest BCUT2D eigenvalue weighted by Crippen LogP contribution is 2.24. The molecule has 1 atom stereocenters. The standard InChI is InChI=1S/C12H16ClNO2S2/c1-17-12-5-6-14(8-12)18(15,16)9-10-3-2-4-11(13)7-10/h2-4,7,12H,5-6,8-9H2,1H3. The van der Waals surface area contributed by atoms with Crippen molar-refractivity contribution in [3.63, 3.8) is 0 Å². The molecule has 0 aromatic heterocycles. The summed E-state index contributed by atoms with van der Waals surface area (Å²) in [6.45, 7) is 1.26. The van der Waals surface area contributed by atoms with E-state index in [1.165, 1.54) is 0 Å². The second-order valence-electron chi connectivity index (χ2n) is 4.39. The van der Waals surface area contributed by atoms with Crippen molar-refractivity contribution in [2.24, 2.45) is 0 Å². The summed E-state index contributed by atoms with van der Waals surface area (Å²) in [6, 6.07) is 7.03. The minimum absolute atomic E-state index is 0.0364. The first-order valence-electron chi connectivity index (χ1n) is 5.76. The third kappa shape index (κ3) is 3.41. The molecule has 0 N–H and O–H groups in total. The zero-order chi connectivity index (χ0) is 13.2. The number of benzene rings is 1. The van der Waals surface area contributed by atoms with Crippen molar-refractivity contribution in [1.82, 2.24) is 4.31 Å². The molecular weight excluding hydrogens is 290 g/mol. The van der Waals surface area contributed by atoms with Crippen LogP contribution in [0.25, 0.3) is 0 Å². The second kappa shape index (κ2) is 5.82. The highest BCUT2D eigenvalue weighted by atomic mass is 35.5. The van der Waals surface area contributed by atoms with Gasteiger partial charge in [0.2, 0.25) is 10.0 Å². The van der Waals surface area contributed by atoms with Crippen molar-refractivity contribution in [1.29, 1.82) is 0 Å². The molecule has 1 aliphatic rings. The maximum Gasteiger partial charge on any atom is 0.218 e. The van der Waals surface area contributed by atoms with E-state index in [0.29, 0.717) is 23.4 Å². The molecule has 100 valence electrons. The maximum atomic E-state index is 12.2. The van der Waals surface area contributed by atoms with Gasteiger partial charge in [-0.05, 0) is 30.4 Å². The average Bonchev–Trinajstić information content (AvgIpc) is 2.77. The molecule has 0 bridgehead atoms. The third-order valence-electron chi connectivity index (χ3n) is 3.07. The van der Waals surface area contributed by atoms with Crippen LogP contribution in [0.15, 0.2) is 24.3 Å². The molecule has 0 saturated carbocycles. The van der Waals surface area contributed by atoms with E-state index in [9.17, 15) is 8.42 Å². The number of hydrogen-bond donors (Lipinski definition) is 0. The topological polar surface area (TPSA) is 37.4 Å². The normalized spacial score (nSPS) is 21.3. The third-order valence-corrected chi connectivity index (χ3v) is 6.18. The summed E-state index contributed by atoms with van der Waals surface area (Å²) in [7, 11) is -3.21. The van der Waals surface area contributed by atoms with E-state index >= 15 is 0 Å². The van der Waals surface area contributed by atoms with Crippen LogP contribution >= 0.6 is 23.4 Å². The van der Waals surface area contributed by atoms with Crippen LogP contribution < -0.4 is 0 Å². The molecule has 3 nitrogen and oxygen atoms in total. The predicted molar refractivity (Wildman–Crippen MR) is 77.6 cm³/mol. The van der Waals surface area contributed by atoms with E-state index < -0.39 is 10.0 Å². The fourth-order valence-electron chi connectivity index (χ4n) is 2.07. The van der Waals surface area contributed by atoms with Crippen molar-refractivity contribution in [2.45, 2.75) is 17.4 Å². The maximum absolute atomic E-state index is 12.2. The molecule has 0 amide bonds. The predicted octanol–water partition coefficient (Wildman–Crippen LogP) is 2.61. The van der Waals surface area contributed by atoms with Crippen molar-refractivity contribution < 1.29 is 8.42 Å². The smallest absolute Gasteiger partial charge is 0.212 e. The molecule has 1 aromatic carbocycles. The van der Waals surface area contributed by atoms with Gasteiger partial charge in [-0.15, -0.1) is 0 Å². The van der Waals surface area contributed by atoms with Crippen LogP contribution in [-0.2, 0) is 15.8 Å². The molecule has 6 heteroatoms. The van der Waals surface area contributed by atoms with Crippen LogP contribution in [0, 0.1) is 0 Å². The lowest BCUT2D eigenvalue weighted by Crippen LogP contribution is -2.30. The van der Waals surface area contributed by atoms with Crippen molar-refractivity contribution in [3.05, 3.63) is 34.9 Å². The molecule has 1 saturated heterocycles. The first kappa shape index (κ1) is 14.2. The van der Waals surface area contributed by atoms with E-state index in [2.05, 4.69) is 0 Å². The van der Waals surface area contributed by atoms with Crippen LogP contribution in [0.5, 0.6) is 0 Å². The van der Waals surface area contributed by atoms with Crippen molar-refractivity contribution in [2.75, 3.05) is 19.3 Å². The summed E-state index contributed by atoms with van der Waals surface area (Å²) in [5.41, 5.74) is 0.745. The number of sulfonamides is 1. The van der Waals surface area contributed by atoms with Gasteiger partial charge < -0.3 is 0 Å².